The summed E-state index contributed by atoms with van der Waals surface area (Å²) >= 11 is 0. The van der Waals surface area contributed by atoms with E-state index in [0.29, 0.717) is 16.7 Å². The van der Waals surface area contributed by atoms with Crippen LogP contribution in [-0.4, -0.2) is 0 Å². The molecule has 0 rings (SSSR count). The fourth-order valence-corrected chi connectivity index (χ4v) is 2.12. The molecule has 0 N–H and O–H groups in total. The molecule has 0 aromatic rings. The van der Waals surface area contributed by atoms with E-state index in [2.05, 4.69) is 94.0 Å². The maximum atomic E-state index is 3.88. The Hall–Kier alpha value is -0.520. The summed E-state index contributed by atoms with van der Waals surface area (Å²) in [5, 5.41) is 0. The molecule has 24 heavy (non-hydrogen) atoms. The van der Waals surface area contributed by atoms with Gasteiger partial charge in [-0.2, -0.15) is 0 Å². The first-order valence-electron chi connectivity index (χ1n) is 10.1. The number of hydrogen-bond acceptors (Lipinski definition) is 0. The van der Waals surface area contributed by atoms with E-state index >= 15 is 0 Å². The first-order chi connectivity index (χ1) is 10.8. The zero-order valence-corrected chi connectivity index (χ0v) is 19.3. The Morgan fingerprint density at radius 3 is 1.46 bits per heavy atom. The van der Waals surface area contributed by atoms with Crippen LogP contribution in [0, 0.1) is 28.6 Å². The highest BCUT2D eigenvalue weighted by molar-refractivity contribution is 4.88. The molecular formula is C24H50. The molecule has 0 heterocycles. The van der Waals surface area contributed by atoms with Crippen molar-refractivity contribution in [1.82, 2.24) is 0 Å². The first kappa shape index (κ1) is 28.3. The van der Waals surface area contributed by atoms with Crippen LogP contribution in [0.15, 0.2) is 24.8 Å². The minimum absolute atomic E-state index is 0.381. The maximum Gasteiger partial charge on any atom is -0.0185 e. The zero-order valence-electron chi connectivity index (χ0n) is 19.3. The highest BCUT2D eigenvalue weighted by Crippen LogP contribution is 2.31. The topological polar surface area (TPSA) is 0 Å². The fourth-order valence-electron chi connectivity index (χ4n) is 2.12. The van der Waals surface area contributed by atoms with Crippen molar-refractivity contribution < 1.29 is 0 Å². The van der Waals surface area contributed by atoms with Gasteiger partial charge in [0, 0.05) is 0 Å². The molecule has 1 unspecified atom stereocenters. The molecule has 0 nitrogen and oxygen atoms in total. The van der Waals surface area contributed by atoms with Crippen LogP contribution in [0.25, 0.3) is 0 Å². The molecule has 0 spiro atoms. The minimum atomic E-state index is 0.381. The van der Waals surface area contributed by atoms with Gasteiger partial charge in [-0.05, 0) is 47.8 Å². The van der Waals surface area contributed by atoms with E-state index < -0.39 is 0 Å². The highest BCUT2D eigenvalue weighted by Gasteiger charge is 2.21. The lowest BCUT2D eigenvalue weighted by Crippen LogP contribution is -2.19. The molecule has 1 atom stereocenters. The highest BCUT2D eigenvalue weighted by atomic mass is 14.3. The lowest BCUT2D eigenvalue weighted by atomic mass is 9.76. The molecule has 0 saturated heterocycles. The van der Waals surface area contributed by atoms with Crippen molar-refractivity contribution in [3.8, 4) is 0 Å². The second-order valence-corrected chi connectivity index (χ2v) is 9.70. The average molecular weight is 339 g/mol. The number of rotatable bonds is 6. The molecule has 0 saturated carbocycles. The monoisotopic (exact) mass is 338 g/mol. The Morgan fingerprint density at radius 1 is 0.792 bits per heavy atom. The molecule has 0 aliphatic rings. The van der Waals surface area contributed by atoms with Gasteiger partial charge in [0.1, 0.15) is 0 Å². The van der Waals surface area contributed by atoms with Gasteiger partial charge in [-0.15, -0.1) is 6.58 Å². The van der Waals surface area contributed by atoms with Gasteiger partial charge in [0.05, 0.1) is 0 Å². The Bertz CT molecular complexity index is 291. The summed E-state index contributed by atoms with van der Waals surface area (Å²) in [7, 11) is 0. The molecule has 0 fully saturated rings. The summed E-state index contributed by atoms with van der Waals surface area (Å²) in [4.78, 5) is 0. The van der Waals surface area contributed by atoms with E-state index in [9.17, 15) is 0 Å². The Balaban J connectivity index is -0.000000333. The van der Waals surface area contributed by atoms with Crippen molar-refractivity contribution >= 4 is 0 Å². The largest absolute Gasteiger partial charge is 0.103 e. The van der Waals surface area contributed by atoms with Crippen LogP contribution < -0.4 is 0 Å². The number of hydrogen-bond donors (Lipinski definition) is 0. The third-order valence-electron chi connectivity index (χ3n) is 3.63. The van der Waals surface area contributed by atoms with Crippen LogP contribution in [0.4, 0.5) is 0 Å². The summed E-state index contributed by atoms with van der Waals surface area (Å²) in [5.41, 5.74) is 0.833. The number of allylic oxidation sites excluding steroid dienone is 3. The third-order valence-corrected chi connectivity index (χ3v) is 3.63. The smallest absolute Gasteiger partial charge is 0.0185 e. The predicted molar refractivity (Wildman–Crippen MR) is 117 cm³/mol. The summed E-state index contributed by atoms with van der Waals surface area (Å²) in [6.07, 6.45) is 10.4. The average Bonchev–Trinajstić information content (AvgIpc) is 2.41. The lowest BCUT2D eigenvalue weighted by molar-refractivity contribution is 0.254. The SMILES string of the molecule is C=CC(CC(C)C)C(C)(C)C.CC.CC(C)C/C=C/CC(C)(C)C. The Morgan fingerprint density at radius 2 is 1.25 bits per heavy atom. The van der Waals surface area contributed by atoms with Crippen molar-refractivity contribution in [2.24, 2.45) is 28.6 Å². The molecule has 0 radical (unpaired) electrons. The molecule has 0 aliphatic carbocycles. The molecular weight excluding hydrogens is 288 g/mol. The third kappa shape index (κ3) is 23.7. The molecule has 0 aromatic carbocycles. The fraction of sp³-hybridized carbons (Fsp3) is 0.833. The van der Waals surface area contributed by atoms with Crippen LogP contribution in [0.1, 0.15) is 102 Å². The van der Waals surface area contributed by atoms with Gasteiger partial charge in [-0.1, -0.05) is 101 Å². The van der Waals surface area contributed by atoms with E-state index in [1.54, 1.807) is 0 Å². The van der Waals surface area contributed by atoms with E-state index in [1.807, 2.05) is 13.8 Å². The lowest BCUT2D eigenvalue weighted by Gasteiger charge is -2.29. The molecule has 0 aromatic heterocycles. The predicted octanol–water partition coefficient (Wildman–Crippen LogP) is 8.93. The van der Waals surface area contributed by atoms with E-state index in [1.165, 1.54) is 19.3 Å². The van der Waals surface area contributed by atoms with Gasteiger partial charge < -0.3 is 0 Å². The summed E-state index contributed by atoms with van der Waals surface area (Å²) in [5.74, 6) is 2.23. The zero-order chi connectivity index (χ0) is 20.0. The summed E-state index contributed by atoms with van der Waals surface area (Å²) in [6, 6.07) is 0. The Labute approximate surface area is 156 Å². The maximum absolute atomic E-state index is 3.88. The van der Waals surface area contributed by atoms with Crippen molar-refractivity contribution in [3.05, 3.63) is 24.8 Å². The van der Waals surface area contributed by atoms with Crippen molar-refractivity contribution in [3.63, 3.8) is 0 Å². The minimum Gasteiger partial charge on any atom is -0.103 e. The quantitative estimate of drug-likeness (QED) is 0.424. The van der Waals surface area contributed by atoms with Crippen molar-refractivity contribution in [2.75, 3.05) is 0 Å². The summed E-state index contributed by atoms with van der Waals surface area (Å²) < 4.78 is 0. The second-order valence-electron chi connectivity index (χ2n) is 9.70. The summed E-state index contributed by atoms with van der Waals surface area (Å²) in [6.45, 7) is 30.6. The molecule has 146 valence electrons. The normalized spacial score (nSPS) is 13.2. The van der Waals surface area contributed by atoms with Crippen LogP contribution >= 0.6 is 0 Å². The van der Waals surface area contributed by atoms with E-state index in [4.69, 9.17) is 0 Å². The molecule has 0 bridgehead atoms. The van der Waals surface area contributed by atoms with Gasteiger partial charge in [-0.3, -0.25) is 0 Å². The molecule has 0 amide bonds. The van der Waals surface area contributed by atoms with Gasteiger partial charge in [0.2, 0.25) is 0 Å². The van der Waals surface area contributed by atoms with Crippen LogP contribution in [0.5, 0.6) is 0 Å². The molecule has 0 heteroatoms. The van der Waals surface area contributed by atoms with Gasteiger partial charge in [0.15, 0.2) is 0 Å². The van der Waals surface area contributed by atoms with E-state index in [0.717, 1.165) is 11.8 Å². The van der Waals surface area contributed by atoms with Gasteiger partial charge >= 0.3 is 0 Å². The second kappa shape index (κ2) is 14.8. The van der Waals surface area contributed by atoms with Crippen molar-refractivity contribution in [1.29, 1.82) is 0 Å². The van der Waals surface area contributed by atoms with Gasteiger partial charge in [-0.25, -0.2) is 0 Å². The Kier molecular flexibility index (Phi) is 17.4. The van der Waals surface area contributed by atoms with E-state index in [-0.39, 0.29) is 0 Å². The van der Waals surface area contributed by atoms with Crippen LogP contribution in [0.2, 0.25) is 0 Å². The first-order valence-corrected chi connectivity index (χ1v) is 10.1. The molecule has 0 aliphatic heterocycles. The van der Waals surface area contributed by atoms with Crippen LogP contribution in [-0.2, 0) is 0 Å². The van der Waals surface area contributed by atoms with Crippen molar-refractivity contribution in [2.45, 2.75) is 102 Å². The van der Waals surface area contributed by atoms with Crippen LogP contribution in [0.3, 0.4) is 0 Å². The van der Waals surface area contributed by atoms with Gasteiger partial charge in [0.25, 0.3) is 0 Å². The standard InChI is InChI=1S/2C11H22.C2H6/c1-10(2)8-6-7-9-11(3,4)5;1-7-10(8-9(2)3)11(4,5)6;1-2/h6-7,10H,8-9H2,1-5H3;7,9-10H,1,8H2,2-6H3;1-2H3/b7-6+;;.